The molecule has 2 aromatic carbocycles. The second-order valence-electron chi connectivity index (χ2n) is 9.01. The summed E-state index contributed by atoms with van der Waals surface area (Å²) >= 11 is 0. The van der Waals surface area contributed by atoms with Gasteiger partial charge in [0.05, 0.1) is 17.5 Å². The number of hydrogen-bond donors (Lipinski definition) is 4. The van der Waals surface area contributed by atoms with Crippen molar-refractivity contribution in [3.63, 3.8) is 0 Å². The zero-order chi connectivity index (χ0) is 25.7. The van der Waals surface area contributed by atoms with Crippen molar-refractivity contribution >= 4 is 28.8 Å². The highest BCUT2D eigenvalue weighted by molar-refractivity contribution is 5.95. The van der Waals surface area contributed by atoms with Crippen molar-refractivity contribution in [2.75, 3.05) is 13.1 Å². The summed E-state index contributed by atoms with van der Waals surface area (Å²) in [6.45, 7) is 2.52. The van der Waals surface area contributed by atoms with Crippen LogP contribution in [0, 0.1) is 6.92 Å². The third kappa shape index (κ3) is 5.72. The van der Waals surface area contributed by atoms with Crippen LogP contribution in [0.15, 0.2) is 54.6 Å². The van der Waals surface area contributed by atoms with Gasteiger partial charge in [-0.05, 0) is 56.2 Å². The molecule has 1 aromatic heterocycles. The zero-order valence-electron chi connectivity index (χ0n) is 19.9. The number of para-hydroxylation sites is 1. The van der Waals surface area contributed by atoms with Crippen molar-refractivity contribution in [3.8, 4) is 5.75 Å². The minimum absolute atomic E-state index is 0.0536. The van der Waals surface area contributed by atoms with Crippen LogP contribution >= 0.6 is 0 Å². The minimum Gasteiger partial charge on any atom is -0.489 e. The first-order valence-corrected chi connectivity index (χ1v) is 11.6. The van der Waals surface area contributed by atoms with E-state index in [1.165, 1.54) is 0 Å². The molecule has 10 nitrogen and oxygen atoms in total. The van der Waals surface area contributed by atoms with Gasteiger partial charge in [0, 0.05) is 35.3 Å². The fourth-order valence-electron chi connectivity index (χ4n) is 4.62. The number of aryl methyl sites for hydroxylation is 1. The number of likely N-dealkylation sites (tertiary alicyclic amines) is 1. The van der Waals surface area contributed by atoms with Crippen LogP contribution in [0.2, 0.25) is 0 Å². The molecule has 1 aliphatic heterocycles. The minimum atomic E-state index is -1.13. The molecule has 10 heteroatoms. The molecule has 1 saturated heterocycles. The van der Waals surface area contributed by atoms with E-state index in [-0.39, 0.29) is 13.0 Å². The SMILES string of the molecule is Cc1cc(COc2ccc(C(=O)NC3(CC(=O)NO)CCCN(C(=O)O)C3)cc2)c2ccccc2n1. The number of fused-ring (bicyclic) bond motifs is 1. The number of nitrogens with zero attached hydrogens (tertiary/aromatic N) is 2. The number of pyridine rings is 1. The van der Waals surface area contributed by atoms with E-state index >= 15 is 0 Å². The summed E-state index contributed by atoms with van der Waals surface area (Å²) in [5, 5.41) is 22.2. The number of nitrogens with one attached hydrogen (secondary N) is 2. The van der Waals surface area contributed by atoms with Crippen molar-refractivity contribution in [1.29, 1.82) is 0 Å². The molecule has 0 radical (unpaired) electrons. The number of carbonyl (C=O) groups excluding carboxylic acids is 2. The average molecular weight is 493 g/mol. The molecule has 0 spiro atoms. The number of ether oxygens (including phenoxy) is 1. The van der Waals surface area contributed by atoms with Crippen molar-refractivity contribution in [2.24, 2.45) is 0 Å². The fraction of sp³-hybridized carbons (Fsp3) is 0.308. The van der Waals surface area contributed by atoms with E-state index in [1.54, 1.807) is 29.7 Å². The van der Waals surface area contributed by atoms with Gasteiger partial charge in [0.1, 0.15) is 12.4 Å². The third-order valence-corrected chi connectivity index (χ3v) is 6.29. The number of carbonyl (C=O) groups is 3. The Balaban J connectivity index is 1.45. The molecule has 188 valence electrons. The van der Waals surface area contributed by atoms with Crippen LogP contribution in [0.5, 0.6) is 5.75 Å². The summed E-state index contributed by atoms with van der Waals surface area (Å²) in [5.41, 5.74) is 3.57. The lowest BCUT2D eigenvalue weighted by Crippen LogP contribution is -2.61. The summed E-state index contributed by atoms with van der Waals surface area (Å²) in [5.74, 6) is -0.574. The quantitative estimate of drug-likeness (QED) is 0.293. The van der Waals surface area contributed by atoms with Gasteiger partial charge in [-0.3, -0.25) is 19.8 Å². The van der Waals surface area contributed by atoms with E-state index in [0.29, 0.717) is 37.3 Å². The molecule has 2 heterocycles. The van der Waals surface area contributed by atoms with Crippen LogP contribution in [0.1, 0.15) is 40.9 Å². The maximum atomic E-state index is 13.0. The van der Waals surface area contributed by atoms with Crippen LogP contribution in [-0.2, 0) is 11.4 Å². The van der Waals surface area contributed by atoms with Gasteiger partial charge in [-0.25, -0.2) is 10.3 Å². The Morgan fingerprint density at radius 3 is 2.61 bits per heavy atom. The number of hydroxylamine groups is 1. The fourth-order valence-corrected chi connectivity index (χ4v) is 4.62. The summed E-state index contributed by atoms with van der Waals surface area (Å²) in [7, 11) is 0. The van der Waals surface area contributed by atoms with Gasteiger partial charge in [0.15, 0.2) is 0 Å². The van der Waals surface area contributed by atoms with Crippen molar-refractivity contribution in [2.45, 2.75) is 38.3 Å². The summed E-state index contributed by atoms with van der Waals surface area (Å²) in [4.78, 5) is 42.1. The predicted octanol–water partition coefficient (Wildman–Crippen LogP) is 3.26. The Morgan fingerprint density at radius 2 is 1.89 bits per heavy atom. The molecule has 1 aliphatic rings. The Morgan fingerprint density at radius 1 is 1.14 bits per heavy atom. The van der Waals surface area contributed by atoms with E-state index in [4.69, 9.17) is 9.94 Å². The van der Waals surface area contributed by atoms with Gasteiger partial charge in [0.25, 0.3) is 5.91 Å². The monoisotopic (exact) mass is 492 g/mol. The lowest BCUT2D eigenvalue weighted by Gasteiger charge is -2.41. The van der Waals surface area contributed by atoms with Crippen LogP contribution in [-0.4, -0.2) is 56.7 Å². The van der Waals surface area contributed by atoms with Crippen molar-refractivity contribution < 1.29 is 29.4 Å². The molecule has 1 atom stereocenters. The molecule has 3 amide bonds. The maximum Gasteiger partial charge on any atom is 0.407 e. The Labute approximate surface area is 207 Å². The molecule has 0 bridgehead atoms. The smallest absolute Gasteiger partial charge is 0.407 e. The number of aromatic nitrogens is 1. The summed E-state index contributed by atoms with van der Waals surface area (Å²) < 4.78 is 5.96. The standard InChI is InChI=1S/C26H28N4O6/c1-17-13-19(21-5-2-3-6-22(21)27-17)15-36-20-9-7-18(8-10-20)24(32)28-26(14-23(31)29-35)11-4-12-30(16-26)25(33)34/h2-3,5-10,13,35H,4,11-12,14-16H2,1H3,(H,28,32)(H,29,31)(H,33,34). The lowest BCUT2D eigenvalue weighted by atomic mass is 9.85. The van der Waals surface area contributed by atoms with Crippen LogP contribution in [0.4, 0.5) is 4.79 Å². The molecular formula is C26H28N4O6. The van der Waals surface area contributed by atoms with Gasteiger partial charge in [-0.2, -0.15) is 0 Å². The highest BCUT2D eigenvalue weighted by atomic mass is 16.5. The first kappa shape index (κ1) is 24.9. The molecule has 0 aliphatic carbocycles. The first-order valence-electron chi connectivity index (χ1n) is 11.6. The van der Waals surface area contributed by atoms with Gasteiger partial charge in [-0.15, -0.1) is 0 Å². The topological polar surface area (TPSA) is 141 Å². The van der Waals surface area contributed by atoms with E-state index in [2.05, 4.69) is 10.3 Å². The van der Waals surface area contributed by atoms with Crippen LogP contribution in [0.3, 0.4) is 0 Å². The number of piperidine rings is 1. The highest BCUT2D eigenvalue weighted by Gasteiger charge is 2.40. The van der Waals surface area contributed by atoms with Gasteiger partial charge >= 0.3 is 6.09 Å². The Bertz CT molecular complexity index is 1280. The average Bonchev–Trinajstić information content (AvgIpc) is 2.87. The summed E-state index contributed by atoms with van der Waals surface area (Å²) in [6, 6.07) is 16.4. The number of carboxylic acid groups (broad SMARTS) is 1. The first-order chi connectivity index (χ1) is 17.3. The van der Waals surface area contributed by atoms with Crippen molar-refractivity contribution in [3.05, 3.63) is 71.4 Å². The Hall–Kier alpha value is -4.18. The number of rotatable bonds is 7. The lowest BCUT2D eigenvalue weighted by molar-refractivity contribution is -0.131. The van der Waals surface area contributed by atoms with Crippen LogP contribution in [0.25, 0.3) is 10.9 Å². The van der Waals surface area contributed by atoms with Crippen molar-refractivity contribution in [1.82, 2.24) is 20.7 Å². The second kappa shape index (κ2) is 10.6. The molecular weight excluding hydrogens is 464 g/mol. The van der Waals surface area contributed by atoms with E-state index < -0.39 is 23.4 Å². The zero-order valence-corrected chi connectivity index (χ0v) is 19.9. The largest absolute Gasteiger partial charge is 0.489 e. The molecule has 1 fully saturated rings. The number of amides is 3. The predicted molar refractivity (Wildman–Crippen MR) is 131 cm³/mol. The van der Waals surface area contributed by atoms with Crippen LogP contribution < -0.4 is 15.5 Å². The normalized spacial score (nSPS) is 17.4. The molecule has 36 heavy (non-hydrogen) atoms. The maximum absolute atomic E-state index is 13.0. The Kier molecular flexibility index (Phi) is 7.35. The summed E-state index contributed by atoms with van der Waals surface area (Å²) in [6.07, 6.45) is -0.506. The third-order valence-electron chi connectivity index (χ3n) is 6.29. The number of hydrogen-bond acceptors (Lipinski definition) is 6. The van der Waals surface area contributed by atoms with E-state index in [0.717, 1.165) is 27.1 Å². The van der Waals surface area contributed by atoms with Gasteiger partial charge < -0.3 is 20.1 Å². The molecule has 4 N–H and O–H groups in total. The van der Waals surface area contributed by atoms with E-state index in [1.807, 2.05) is 37.3 Å². The van der Waals surface area contributed by atoms with Gasteiger partial charge in [0.2, 0.25) is 5.91 Å². The second-order valence-corrected chi connectivity index (χ2v) is 9.01. The molecule has 0 saturated carbocycles. The van der Waals surface area contributed by atoms with E-state index in [9.17, 15) is 19.5 Å². The molecule has 1 unspecified atom stereocenters. The highest BCUT2D eigenvalue weighted by Crippen LogP contribution is 2.26. The molecule has 4 rings (SSSR count). The van der Waals surface area contributed by atoms with Gasteiger partial charge in [-0.1, -0.05) is 18.2 Å². The number of benzene rings is 2. The molecule has 3 aromatic rings.